The van der Waals surface area contributed by atoms with E-state index in [1.54, 1.807) is 12.1 Å². The van der Waals surface area contributed by atoms with Crippen LogP contribution < -0.4 is 15.2 Å². The van der Waals surface area contributed by atoms with E-state index in [1.807, 2.05) is 13.8 Å². The molecule has 0 bridgehead atoms. The van der Waals surface area contributed by atoms with Crippen LogP contribution in [0.5, 0.6) is 5.75 Å². The lowest BCUT2D eigenvalue weighted by molar-refractivity contribution is 0.417. The number of anilines is 1. The maximum atomic E-state index is 12.0. The van der Waals surface area contributed by atoms with Crippen LogP contribution in [0, 0.1) is 11.3 Å². The monoisotopic (exact) mass is 299 g/mol. The van der Waals surface area contributed by atoms with Gasteiger partial charge >= 0.3 is 0 Å². The number of benzene rings is 1. The molecule has 0 aliphatic heterocycles. The summed E-state index contributed by atoms with van der Waals surface area (Å²) < 4.78 is 31.5. The first kappa shape index (κ1) is 16.3. The Labute approximate surface area is 119 Å². The molecule has 0 aliphatic rings. The van der Waals surface area contributed by atoms with Gasteiger partial charge in [0, 0.05) is 5.56 Å². The number of rotatable bonds is 7. The minimum absolute atomic E-state index is 0.0578. The molecule has 0 atom stereocenters. The van der Waals surface area contributed by atoms with Gasteiger partial charge in [0.2, 0.25) is 10.0 Å². The summed E-state index contributed by atoms with van der Waals surface area (Å²) in [5, 5.41) is 7.35. The molecule has 20 heavy (non-hydrogen) atoms. The van der Waals surface area contributed by atoms with Crippen molar-refractivity contribution < 1.29 is 13.2 Å². The van der Waals surface area contributed by atoms with E-state index in [2.05, 4.69) is 4.72 Å². The average molecular weight is 299 g/mol. The third kappa shape index (κ3) is 4.73. The maximum absolute atomic E-state index is 12.0. The van der Waals surface area contributed by atoms with Gasteiger partial charge in [-0.1, -0.05) is 13.8 Å². The Kier molecular flexibility index (Phi) is 5.38. The van der Waals surface area contributed by atoms with Crippen molar-refractivity contribution in [3.8, 4) is 5.75 Å². The number of nitrogen functional groups attached to an aromatic ring is 1. The van der Waals surface area contributed by atoms with Crippen LogP contribution in [0.15, 0.2) is 18.2 Å². The SMILES string of the molecule is COc1cc(C(=N)N)ccc1NS(=O)(=O)CCC(C)C. The van der Waals surface area contributed by atoms with Crippen molar-refractivity contribution in [1.29, 1.82) is 5.41 Å². The minimum Gasteiger partial charge on any atom is -0.495 e. The minimum atomic E-state index is -3.41. The fourth-order valence-corrected chi connectivity index (χ4v) is 2.94. The molecule has 0 aromatic heterocycles. The lowest BCUT2D eigenvalue weighted by Crippen LogP contribution is -2.19. The molecule has 7 heteroatoms. The Bertz CT molecular complexity index is 583. The summed E-state index contributed by atoms with van der Waals surface area (Å²) in [5.41, 5.74) is 6.21. The quantitative estimate of drug-likeness (QED) is 0.527. The summed E-state index contributed by atoms with van der Waals surface area (Å²) >= 11 is 0. The smallest absolute Gasteiger partial charge is 0.232 e. The number of hydrogen-bond acceptors (Lipinski definition) is 4. The van der Waals surface area contributed by atoms with Gasteiger partial charge in [-0.15, -0.1) is 0 Å². The second-order valence-corrected chi connectivity index (χ2v) is 6.77. The van der Waals surface area contributed by atoms with Crippen LogP contribution in [0.4, 0.5) is 5.69 Å². The molecule has 1 rings (SSSR count). The predicted molar refractivity (Wildman–Crippen MR) is 80.9 cm³/mol. The van der Waals surface area contributed by atoms with Crippen molar-refractivity contribution in [1.82, 2.24) is 0 Å². The highest BCUT2D eigenvalue weighted by molar-refractivity contribution is 7.92. The summed E-state index contributed by atoms with van der Waals surface area (Å²) in [6, 6.07) is 4.65. The van der Waals surface area contributed by atoms with Gasteiger partial charge in [-0.2, -0.15) is 0 Å². The summed E-state index contributed by atoms with van der Waals surface area (Å²) in [7, 11) is -1.97. The zero-order chi connectivity index (χ0) is 15.3. The van der Waals surface area contributed by atoms with Crippen LogP contribution in [0.2, 0.25) is 0 Å². The van der Waals surface area contributed by atoms with E-state index in [-0.39, 0.29) is 11.6 Å². The molecule has 112 valence electrons. The molecule has 0 saturated carbocycles. The van der Waals surface area contributed by atoms with Crippen LogP contribution >= 0.6 is 0 Å². The van der Waals surface area contributed by atoms with Crippen LogP contribution in [0.1, 0.15) is 25.8 Å². The van der Waals surface area contributed by atoms with E-state index in [1.165, 1.54) is 13.2 Å². The van der Waals surface area contributed by atoms with E-state index in [4.69, 9.17) is 15.9 Å². The molecule has 6 nitrogen and oxygen atoms in total. The third-order valence-corrected chi connectivity index (χ3v) is 4.05. The van der Waals surface area contributed by atoms with Crippen molar-refractivity contribution in [3.63, 3.8) is 0 Å². The Morgan fingerprint density at radius 1 is 1.45 bits per heavy atom. The van der Waals surface area contributed by atoms with Crippen LogP contribution in [0.25, 0.3) is 0 Å². The summed E-state index contributed by atoms with van der Waals surface area (Å²) in [5.74, 6) is 0.610. The third-order valence-electron chi connectivity index (χ3n) is 2.74. The van der Waals surface area contributed by atoms with Gasteiger partial charge in [0.1, 0.15) is 11.6 Å². The van der Waals surface area contributed by atoms with Crippen LogP contribution in [-0.2, 0) is 10.0 Å². The van der Waals surface area contributed by atoms with E-state index < -0.39 is 10.0 Å². The number of sulfonamides is 1. The lowest BCUT2D eigenvalue weighted by atomic mass is 10.2. The fourth-order valence-electron chi connectivity index (χ4n) is 1.55. The predicted octanol–water partition coefficient (Wildman–Crippen LogP) is 1.77. The van der Waals surface area contributed by atoms with Gasteiger partial charge in [0.15, 0.2) is 0 Å². The first-order valence-electron chi connectivity index (χ1n) is 6.28. The molecule has 0 fully saturated rings. The molecule has 1 aromatic rings. The zero-order valence-corrected chi connectivity index (χ0v) is 12.8. The number of methoxy groups -OCH3 is 1. The van der Waals surface area contributed by atoms with Gasteiger partial charge in [0.05, 0.1) is 18.6 Å². The normalized spacial score (nSPS) is 11.4. The molecule has 0 unspecified atom stereocenters. The molecular weight excluding hydrogens is 278 g/mol. The van der Waals surface area contributed by atoms with E-state index in [0.29, 0.717) is 29.3 Å². The van der Waals surface area contributed by atoms with E-state index in [9.17, 15) is 8.42 Å². The number of ether oxygens (including phenoxy) is 1. The van der Waals surface area contributed by atoms with Crippen molar-refractivity contribution in [2.24, 2.45) is 11.7 Å². The standard InChI is InChI=1S/C13H21N3O3S/c1-9(2)6-7-20(17,18)16-11-5-4-10(13(14)15)8-12(11)19-3/h4-5,8-9,16H,6-7H2,1-3H3,(H3,14,15). The molecule has 0 heterocycles. The number of nitrogens with two attached hydrogens (primary N) is 1. The Morgan fingerprint density at radius 3 is 2.60 bits per heavy atom. The van der Waals surface area contributed by atoms with Crippen molar-refractivity contribution in [2.75, 3.05) is 17.6 Å². The Morgan fingerprint density at radius 2 is 2.10 bits per heavy atom. The largest absolute Gasteiger partial charge is 0.495 e. The summed E-state index contributed by atoms with van der Waals surface area (Å²) in [4.78, 5) is 0. The topological polar surface area (TPSA) is 105 Å². The molecule has 1 aromatic carbocycles. The average Bonchev–Trinajstić information content (AvgIpc) is 2.36. The lowest BCUT2D eigenvalue weighted by Gasteiger charge is -2.13. The number of amidine groups is 1. The second kappa shape index (κ2) is 6.60. The first-order chi connectivity index (χ1) is 9.25. The van der Waals surface area contributed by atoms with Crippen molar-refractivity contribution in [3.05, 3.63) is 23.8 Å². The first-order valence-corrected chi connectivity index (χ1v) is 7.93. The highest BCUT2D eigenvalue weighted by atomic mass is 32.2. The van der Waals surface area contributed by atoms with E-state index >= 15 is 0 Å². The van der Waals surface area contributed by atoms with Gasteiger partial charge in [0.25, 0.3) is 0 Å². The maximum Gasteiger partial charge on any atom is 0.232 e. The summed E-state index contributed by atoms with van der Waals surface area (Å²) in [6.07, 6.45) is 0.586. The van der Waals surface area contributed by atoms with E-state index in [0.717, 1.165) is 0 Å². The highest BCUT2D eigenvalue weighted by Gasteiger charge is 2.15. The van der Waals surface area contributed by atoms with Crippen molar-refractivity contribution in [2.45, 2.75) is 20.3 Å². The zero-order valence-electron chi connectivity index (χ0n) is 11.9. The van der Waals surface area contributed by atoms with Gasteiger partial charge in [-0.05, 0) is 30.5 Å². The van der Waals surface area contributed by atoms with Crippen molar-refractivity contribution >= 4 is 21.5 Å². The Balaban J connectivity index is 2.94. The Hall–Kier alpha value is -1.76. The summed E-state index contributed by atoms with van der Waals surface area (Å²) in [6.45, 7) is 3.94. The van der Waals surface area contributed by atoms with Gasteiger partial charge < -0.3 is 10.5 Å². The highest BCUT2D eigenvalue weighted by Crippen LogP contribution is 2.26. The molecule has 0 radical (unpaired) electrons. The molecule has 0 spiro atoms. The van der Waals surface area contributed by atoms with Crippen LogP contribution in [-0.4, -0.2) is 27.1 Å². The molecule has 4 N–H and O–H groups in total. The molecule has 0 aliphatic carbocycles. The van der Waals surface area contributed by atoms with Gasteiger partial charge in [-0.3, -0.25) is 10.1 Å². The number of nitrogens with one attached hydrogen (secondary N) is 2. The van der Waals surface area contributed by atoms with Crippen LogP contribution in [0.3, 0.4) is 0 Å². The van der Waals surface area contributed by atoms with Gasteiger partial charge in [-0.25, -0.2) is 8.42 Å². The molecule has 0 saturated heterocycles. The number of hydrogen-bond donors (Lipinski definition) is 3. The fraction of sp³-hybridized carbons (Fsp3) is 0.462. The molecule has 0 amide bonds. The second-order valence-electron chi connectivity index (χ2n) is 4.93. The molecular formula is C13H21N3O3S.